The molecule has 8 heteroatoms. The highest BCUT2D eigenvalue weighted by molar-refractivity contribution is 8.01. The first-order valence-electron chi connectivity index (χ1n) is 6.80. The molecule has 1 aromatic rings. The van der Waals surface area contributed by atoms with Crippen molar-refractivity contribution in [1.29, 1.82) is 0 Å². The van der Waals surface area contributed by atoms with E-state index in [0.29, 0.717) is 5.76 Å². The van der Waals surface area contributed by atoms with Gasteiger partial charge in [0.05, 0.1) is 12.0 Å². The van der Waals surface area contributed by atoms with Crippen molar-refractivity contribution in [3.8, 4) is 0 Å². The normalized spacial score (nSPS) is 29.0. The van der Waals surface area contributed by atoms with E-state index in [1.54, 1.807) is 26.8 Å². The predicted octanol–water partition coefficient (Wildman–Crippen LogP) is -0.501. The summed E-state index contributed by atoms with van der Waals surface area (Å²) in [6.07, 6.45) is 0. The van der Waals surface area contributed by atoms with Crippen LogP contribution in [0.5, 0.6) is 0 Å². The number of furan rings is 1. The summed E-state index contributed by atoms with van der Waals surface area (Å²) in [6.45, 7) is 5.21. The van der Waals surface area contributed by atoms with Crippen LogP contribution in [-0.4, -0.2) is 44.9 Å². The summed E-state index contributed by atoms with van der Waals surface area (Å²) < 4.78 is 4.55. The topological polar surface area (TPSA) is 103 Å². The summed E-state index contributed by atoms with van der Waals surface area (Å²) in [5.74, 6) is -1.45. The molecular formula is C14H15N2O5S-. The maximum absolute atomic E-state index is 12.2. The van der Waals surface area contributed by atoms with Gasteiger partial charge in [0.1, 0.15) is 17.2 Å². The van der Waals surface area contributed by atoms with E-state index in [9.17, 15) is 19.5 Å². The molecule has 2 aliphatic heterocycles. The third-order valence-electron chi connectivity index (χ3n) is 3.92. The zero-order chi connectivity index (χ0) is 16.2. The van der Waals surface area contributed by atoms with Crippen LogP contribution in [0.4, 0.5) is 0 Å². The molecule has 3 heterocycles. The number of nitrogens with one attached hydrogen (secondary N) is 1. The Bertz CT molecular complexity index is 668. The highest BCUT2D eigenvalue weighted by atomic mass is 32.2. The molecule has 1 N–H and O–H groups in total. The summed E-state index contributed by atoms with van der Waals surface area (Å²) in [5.41, 5.74) is 0. The number of rotatable bonds is 3. The molecule has 3 rings (SSSR count). The molecule has 2 fully saturated rings. The molecule has 2 aliphatic rings. The van der Waals surface area contributed by atoms with Crippen molar-refractivity contribution in [3.05, 3.63) is 23.7 Å². The molecule has 3 atom stereocenters. The SMILES string of the molecule is Cc1ccc(C(=O)N[C@H]2C(=O)N3[C@@H]2SC(C)(C)[C@H]3C(=O)[O-])o1. The van der Waals surface area contributed by atoms with Gasteiger partial charge in [-0.15, -0.1) is 11.8 Å². The largest absolute Gasteiger partial charge is 0.548 e. The third-order valence-corrected chi connectivity index (χ3v) is 5.49. The first kappa shape index (κ1) is 15.0. The molecule has 1 aromatic heterocycles. The van der Waals surface area contributed by atoms with Crippen LogP contribution in [0.25, 0.3) is 0 Å². The lowest BCUT2D eigenvalue weighted by atomic mass is 9.96. The molecule has 0 saturated carbocycles. The quantitative estimate of drug-likeness (QED) is 0.752. The average molecular weight is 323 g/mol. The fourth-order valence-corrected chi connectivity index (χ4v) is 4.52. The monoisotopic (exact) mass is 323 g/mol. The van der Waals surface area contributed by atoms with Crippen molar-refractivity contribution >= 4 is 29.5 Å². The highest BCUT2D eigenvalue weighted by Crippen LogP contribution is 2.50. The van der Waals surface area contributed by atoms with Crippen LogP contribution in [0.15, 0.2) is 16.5 Å². The molecule has 0 bridgehead atoms. The first-order valence-corrected chi connectivity index (χ1v) is 7.68. The van der Waals surface area contributed by atoms with Gasteiger partial charge in [-0.1, -0.05) is 0 Å². The fraction of sp³-hybridized carbons (Fsp3) is 0.500. The van der Waals surface area contributed by atoms with Gasteiger partial charge in [0.25, 0.3) is 5.91 Å². The summed E-state index contributed by atoms with van der Waals surface area (Å²) >= 11 is 1.35. The molecule has 0 unspecified atom stereocenters. The number of β-lactam (4-membered cyclic amide) rings is 1. The minimum Gasteiger partial charge on any atom is -0.548 e. The summed E-state index contributed by atoms with van der Waals surface area (Å²) in [7, 11) is 0. The Labute approximate surface area is 131 Å². The minimum absolute atomic E-state index is 0.127. The summed E-state index contributed by atoms with van der Waals surface area (Å²) in [6, 6.07) is 1.45. The molecule has 22 heavy (non-hydrogen) atoms. The van der Waals surface area contributed by atoms with Gasteiger partial charge in [-0.25, -0.2) is 0 Å². The number of aryl methyl sites for hydroxylation is 1. The Morgan fingerprint density at radius 3 is 2.64 bits per heavy atom. The van der Waals surface area contributed by atoms with E-state index in [4.69, 9.17) is 4.42 Å². The Morgan fingerprint density at radius 1 is 1.41 bits per heavy atom. The van der Waals surface area contributed by atoms with Crippen molar-refractivity contribution in [2.75, 3.05) is 0 Å². The number of amides is 2. The van der Waals surface area contributed by atoms with Crippen molar-refractivity contribution in [1.82, 2.24) is 10.2 Å². The van der Waals surface area contributed by atoms with Crippen molar-refractivity contribution < 1.29 is 23.9 Å². The first-order chi connectivity index (χ1) is 10.2. The molecule has 2 amide bonds. The van der Waals surface area contributed by atoms with Gasteiger partial charge in [0.15, 0.2) is 5.76 Å². The van der Waals surface area contributed by atoms with E-state index in [1.165, 1.54) is 22.7 Å². The maximum Gasteiger partial charge on any atom is 0.287 e. The Kier molecular flexibility index (Phi) is 3.24. The molecule has 0 spiro atoms. The Morgan fingerprint density at radius 2 is 2.09 bits per heavy atom. The molecule has 0 aliphatic carbocycles. The van der Waals surface area contributed by atoms with Crippen LogP contribution in [-0.2, 0) is 9.59 Å². The van der Waals surface area contributed by atoms with Gasteiger partial charge in [0, 0.05) is 4.75 Å². The second-order valence-corrected chi connectivity index (χ2v) is 7.71. The van der Waals surface area contributed by atoms with Gasteiger partial charge in [0.2, 0.25) is 5.91 Å². The summed E-state index contributed by atoms with van der Waals surface area (Å²) in [5, 5.41) is 13.5. The zero-order valence-corrected chi connectivity index (χ0v) is 13.1. The highest BCUT2D eigenvalue weighted by Gasteiger charge is 2.62. The number of thioether (sulfide) groups is 1. The van der Waals surface area contributed by atoms with Crippen LogP contribution in [0.3, 0.4) is 0 Å². The van der Waals surface area contributed by atoms with Crippen LogP contribution in [0, 0.1) is 6.92 Å². The van der Waals surface area contributed by atoms with Gasteiger partial charge < -0.3 is 24.5 Å². The standard InChI is InChI=1S/C14H16N2O5S/c1-6-4-5-7(21-6)10(17)15-8-11(18)16-9(13(19)20)14(2,3)22-12(8)16/h4-5,8-9,12H,1-3H3,(H,15,17)(H,19,20)/p-1/t8-,9+,12+/m0/s1. The number of aliphatic carboxylic acids is 1. The van der Waals surface area contributed by atoms with Crippen molar-refractivity contribution in [2.24, 2.45) is 0 Å². The number of carboxylic acid groups (broad SMARTS) is 1. The number of fused-ring (bicyclic) bond motifs is 1. The van der Waals surface area contributed by atoms with Crippen LogP contribution >= 0.6 is 11.8 Å². The van der Waals surface area contributed by atoms with Gasteiger partial charge >= 0.3 is 0 Å². The third kappa shape index (κ3) is 2.09. The molecule has 118 valence electrons. The number of carbonyl (C=O) groups excluding carboxylic acids is 3. The number of nitrogens with zero attached hydrogens (tertiary/aromatic N) is 1. The lowest BCUT2D eigenvalue weighted by Gasteiger charge is -2.45. The van der Waals surface area contributed by atoms with Crippen LogP contribution in [0.1, 0.15) is 30.2 Å². The van der Waals surface area contributed by atoms with E-state index in [-0.39, 0.29) is 5.76 Å². The van der Waals surface area contributed by atoms with E-state index in [1.807, 2.05) is 0 Å². The van der Waals surface area contributed by atoms with Crippen LogP contribution < -0.4 is 10.4 Å². The Hall–Kier alpha value is -1.96. The molecule has 0 radical (unpaired) electrons. The predicted molar refractivity (Wildman–Crippen MR) is 75.8 cm³/mol. The van der Waals surface area contributed by atoms with Gasteiger partial charge in [-0.3, -0.25) is 9.59 Å². The van der Waals surface area contributed by atoms with Crippen LogP contribution in [0.2, 0.25) is 0 Å². The van der Waals surface area contributed by atoms with E-state index >= 15 is 0 Å². The second-order valence-electron chi connectivity index (χ2n) is 5.94. The van der Waals surface area contributed by atoms with Gasteiger partial charge in [-0.05, 0) is 32.9 Å². The van der Waals surface area contributed by atoms with Gasteiger partial charge in [-0.2, -0.15) is 0 Å². The van der Waals surface area contributed by atoms with E-state index in [0.717, 1.165) is 0 Å². The molecule has 0 aromatic carbocycles. The van der Waals surface area contributed by atoms with Crippen molar-refractivity contribution in [2.45, 2.75) is 43.0 Å². The van der Waals surface area contributed by atoms with E-state index in [2.05, 4.69) is 5.32 Å². The van der Waals surface area contributed by atoms with Crippen molar-refractivity contribution in [3.63, 3.8) is 0 Å². The molecule has 2 saturated heterocycles. The molecular weight excluding hydrogens is 308 g/mol. The fourth-order valence-electron chi connectivity index (χ4n) is 2.90. The smallest absolute Gasteiger partial charge is 0.287 e. The number of carbonyl (C=O) groups is 3. The average Bonchev–Trinajstić information content (AvgIpc) is 2.95. The summed E-state index contributed by atoms with van der Waals surface area (Å²) in [4.78, 5) is 36.8. The van der Waals surface area contributed by atoms with E-state index < -0.39 is 40.0 Å². The lowest BCUT2D eigenvalue weighted by molar-refractivity contribution is -0.312. The number of hydrogen-bond donors (Lipinski definition) is 1. The number of carboxylic acids is 1. The lowest BCUT2D eigenvalue weighted by Crippen LogP contribution is -2.71. The number of hydrogen-bond acceptors (Lipinski definition) is 6. The zero-order valence-electron chi connectivity index (χ0n) is 12.3. The molecule has 7 nitrogen and oxygen atoms in total. The maximum atomic E-state index is 12.2. The second kappa shape index (κ2) is 4.77. The minimum atomic E-state index is -1.28. The Balaban J connectivity index is 1.75.